The van der Waals surface area contributed by atoms with Crippen LogP contribution in [-0.2, 0) is 35.7 Å². The van der Waals surface area contributed by atoms with Crippen molar-refractivity contribution < 1.29 is 13.2 Å². The van der Waals surface area contributed by atoms with Crippen LogP contribution in [-0.4, -0.2) is 66.8 Å². The minimum absolute atomic E-state index is 0.0337. The van der Waals surface area contributed by atoms with Crippen molar-refractivity contribution in [2.24, 2.45) is 0 Å². The first-order valence-corrected chi connectivity index (χ1v) is 14.3. The molecule has 2 N–H and O–H groups in total. The van der Waals surface area contributed by atoms with Gasteiger partial charge in [-0.15, -0.1) is 0 Å². The van der Waals surface area contributed by atoms with Crippen molar-refractivity contribution in [3.63, 3.8) is 0 Å². The summed E-state index contributed by atoms with van der Waals surface area (Å²) < 4.78 is 28.9. The molecule has 180 valence electrons. The van der Waals surface area contributed by atoms with Gasteiger partial charge in [-0.25, -0.2) is 17.9 Å². The number of anilines is 1. The van der Waals surface area contributed by atoms with E-state index < -0.39 is 16.1 Å². The topological polar surface area (TPSA) is 81.8 Å². The molecule has 2 amide bonds. The normalized spacial score (nSPS) is 33.1. The number of amides is 2. The number of urea groups is 1. The van der Waals surface area contributed by atoms with Crippen molar-refractivity contribution in [3.8, 4) is 0 Å². The quantitative estimate of drug-likeness (QED) is 0.704. The highest BCUT2D eigenvalue weighted by molar-refractivity contribution is 7.90. The molecule has 3 saturated heterocycles. The lowest BCUT2D eigenvalue weighted by molar-refractivity contribution is -0.144. The third-order valence-electron chi connectivity index (χ3n) is 9.38. The predicted molar refractivity (Wildman–Crippen MR) is 129 cm³/mol. The molecule has 5 aliphatic rings. The van der Waals surface area contributed by atoms with Gasteiger partial charge in [-0.1, -0.05) is 6.07 Å². The fourth-order valence-electron chi connectivity index (χ4n) is 7.52. The number of nitrogens with zero attached hydrogens (tertiary/aromatic N) is 2. The Morgan fingerprint density at radius 1 is 1.03 bits per heavy atom. The maximum absolute atomic E-state index is 13.3. The number of nitrogens with one attached hydrogen (secondary N) is 2. The Hall–Kier alpha value is -1.64. The third kappa shape index (κ3) is 3.43. The van der Waals surface area contributed by atoms with Crippen LogP contribution in [0, 0.1) is 0 Å². The second kappa shape index (κ2) is 7.43. The number of rotatable bonds is 4. The number of hydrogen-bond donors (Lipinski definition) is 2. The number of hydrogen-bond acceptors (Lipinski definition) is 5. The molecule has 1 aromatic carbocycles. The van der Waals surface area contributed by atoms with E-state index in [1.54, 1.807) is 0 Å². The van der Waals surface area contributed by atoms with Gasteiger partial charge in [0.15, 0.2) is 0 Å². The Bertz CT molecular complexity index is 1090. The summed E-state index contributed by atoms with van der Waals surface area (Å²) in [6.07, 6.45) is 9.41. The molecule has 3 fully saturated rings. The van der Waals surface area contributed by atoms with Gasteiger partial charge in [-0.2, -0.15) is 0 Å². The fourth-order valence-corrected chi connectivity index (χ4v) is 8.89. The third-order valence-corrected chi connectivity index (χ3v) is 10.6. The average Bonchev–Trinajstić information content (AvgIpc) is 3.46. The lowest BCUT2D eigenvalue weighted by Crippen LogP contribution is -2.78. The van der Waals surface area contributed by atoms with E-state index in [0.717, 1.165) is 83.1 Å². The number of fused-ring (bicyclic) bond motifs is 4. The average molecular weight is 473 g/mol. The van der Waals surface area contributed by atoms with Crippen molar-refractivity contribution in [1.82, 2.24) is 14.5 Å². The van der Waals surface area contributed by atoms with E-state index in [4.69, 9.17) is 0 Å². The van der Waals surface area contributed by atoms with Gasteiger partial charge in [-0.3, -0.25) is 9.80 Å². The van der Waals surface area contributed by atoms with Crippen molar-refractivity contribution in [3.05, 3.63) is 28.3 Å². The molecule has 7 nitrogen and oxygen atoms in total. The number of carbonyl (C=O) groups excluding carboxylic acids is 1. The van der Waals surface area contributed by atoms with Gasteiger partial charge in [0, 0.05) is 35.9 Å². The Kier molecular flexibility index (Phi) is 4.92. The van der Waals surface area contributed by atoms with Crippen LogP contribution in [0.1, 0.15) is 68.2 Å². The monoisotopic (exact) mass is 472 g/mol. The molecule has 33 heavy (non-hydrogen) atoms. The number of piperazine rings is 1. The highest BCUT2D eigenvalue weighted by Crippen LogP contribution is 2.48. The van der Waals surface area contributed by atoms with Crippen LogP contribution in [0.2, 0.25) is 0 Å². The molecule has 0 aromatic heterocycles. The molecule has 1 aromatic rings. The van der Waals surface area contributed by atoms with E-state index >= 15 is 0 Å². The highest BCUT2D eigenvalue weighted by atomic mass is 32.2. The van der Waals surface area contributed by atoms with Crippen LogP contribution >= 0.6 is 0 Å². The van der Waals surface area contributed by atoms with E-state index in [1.807, 2.05) is 0 Å². The Labute approximate surface area is 197 Å². The number of carbonyl (C=O) groups is 1. The Morgan fingerprint density at radius 3 is 2.36 bits per heavy atom. The van der Waals surface area contributed by atoms with Crippen molar-refractivity contribution in [2.75, 3.05) is 30.7 Å². The van der Waals surface area contributed by atoms with E-state index in [9.17, 15) is 13.2 Å². The molecule has 2 aliphatic carbocycles. The molecule has 6 rings (SSSR count). The summed E-state index contributed by atoms with van der Waals surface area (Å²) in [6, 6.07) is 1.61. The first kappa shape index (κ1) is 21.9. The van der Waals surface area contributed by atoms with Gasteiger partial charge in [0.05, 0.1) is 5.75 Å². The number of benzene rings is 1. The molecule has 8 heteroatoms. The maximum Gasteiger partial charge on any atom is 0.332 e. The summed E-state index contributed by atoms with van der Waals surface area (Å²) in [7, 11) is -3.79. The van der Waals surface area contributed by atoms with Crippen LogP contribution in [0.4, 0.5) is 10.5 Å². The van der Waals surface area contributed by atoms with Gasteiger partial charge in [0.25, 0.3) is 0 Å². The Morgan fingerprint density at radius 2 is 1.73 bits per heavy atom. The molecule has 0 radical (unpaired) electrons. The first-order chi connectivity index (χ1) is 15.7. The van der Waals surface area contributed by atoms with Gasteiger partial charge in [0.1, 0.15) is 0 Å². The van der Waals surface area contributed by atoms with Gasteiger partial charge in [-0.05, 0) is 100 Å². The van der Waals surface area contributed by atoms with E-state index in [1.165, 1.54) is 22.3 Å². The molecule has 0 bridgehead atoms. The van der Waals surface area contributed by atoms with E-state index in [-0.39, 0.29) is 22.9 Å². The predicted octanol–water partition coefficient (Wildman–Crippen LogP) is 2.82. The highest BCUT2D eigenvalue weighted by Gasteiger charge is 2.59. The molecule has 3 heterocycles. The minimum atomic E-state index is -3.79. The van der Waals surface area contributed by atoms with E-state index in [2.05, 4.69) is 39.8 Å². The van der Waals surface area contributed by atoms with E-state index in [0.29, 0.717) is 0 Å². The number of sulfonamides is 1. The molecular formula is C25H36N4O3S. The largest absolute Gasteiger partial charge is 0.332 e. The summed E-state index contributed by atoms with van der Waals surface area (Å²) in [5, 5.41) is 2.98. The maximum atomic E-state index is 13.3. The van der Waals surface area contributed by atoms with Crippen molar-refractivity contribution >= 4 is 21.7 Å². The lowest BCUT2D eigenvalue weighted by atomic mass is 9.74. The summed E-state index contributed by atoms with van der Waals surface area (Å²) in [4.78, 5) is 17.9. The zero-order chi connectivity index (χ0) is 23.0. The zero-order valence-electron chi connectivity index (χ0n) is 19.9. The van der Waals surface area contributed by atoms with Gasteiger partial charge >= 0.3 is 6.03 Å². The van der Waals surface area contributed by atoms with Crippen LogP contribution in [0.15, 0.2) is 6.07 Å². The fraction of sp³-hybridized carbons (Fsp3) is 0.720. The zero-order valence-corrected chi connectivity index (χ0v) is 20.7. The van der Waals surface area contributed by atoms with Crippen molar-refractivity contribution in [1.29, 1.82) is 0 Å². The number of aryl methyl sites for hydroxylation is 2. The SMILES string of the molecule is C[C@]12CCN1[C@@H](CS(=O)(=O)NC(=O)Nc1c3c(cc4c1CCC4)CCC3)[C@@]1(C)CCCN1C2. The molecule has 0 spiro atoms. The molecule has 3 aliphatic heterocycles. The summed E-state index contributed by atoms with van der Waals surface area (Å²) in [5.41, 5.74) is 5.85. The van der Waals surface area contributed by atoms with Crippen LogP contribution in [0.5, 0.6) is 0 Å². The lowest BCUT2D eigenvalue weighted by Gasteiger charge is -2.65. The smallest absolute Gasteiger partial charge is 0.307 e. The van der Waals surface area contributed by atoms with Gasteiger partial charge < -0.3 is 5.32 Å². The molecule has 0 unspecified atom stereocenters. The molecular weight excluding hydrogens is 436 g/mol. The summed E-state index contributed by atoms with van der Waals surface area (Å²) in [5.74, 6) is -0.0337. The second-order valence-electron chi connectivity index (χ2n) is 11.4. The Balaban J connectivity index is 1.21. The van der Waals surface area contributed by atoms with Crippen molar-refractivity contribution in [2.45, 2.75) is 88.8 Å². The van der Waals surface area contributed by atoms with Crippen LogP contribution in [0.3, 0.4) is 0 Å². The second-order valence-corrected chi connectivity index (χ2v) is 13.2. The summed E-state index contributed by atoms with van der Waals surface area (Å²) >= 11 is 0. The standard InChI is InChI=1S/C25H36N4O3S/c1-24-11-13-29(24)21(25(2)10-5-12-28(25)16-24)15-33(31,32)27-23(30)26-22-19-8-3-6-17(19)14-18-7-4-9-20(18)22/h14,21H,3-13,15-16H2,1-2H3,(H2,26,27,30)/t21-,24+,25+/m0/s1. The van der Waals surface area contributed by atoms with Crippen LogP contribution in [0.25, 0.3) is 0 Å². The molecule has 3 atom stereocenters. The van der Waals surface area contributed by atoms with Gasteiger partial charge in [0.2, 0.25) is 10.0 Å². The minimum Gasteiger partial charge on any atom is -0.307 e. The van der Waals surface area contributed by atoms with Crippen LogP contribution < -0.4 is 10.0 Å². The summed E-state index contributed by atoms with van der Waals surface area (Å²) in [6.45, 7) is 7.46. The first-order valence-electron chi connectivity index (χ1n) is 12.7. The molecule has 0 saturated carbocycles.